The number of fused-ring (bicyclic) bond motifs is 1. The molecule has 0 spiro atoms. The van der Waals surface area contributed by atoms with Crippen LogP contribution in [0.3, 0.4) is 0 Å². The number of aryl methyl sites for hydroxylation is 1. The number of nitrogens with zero attached hydrogens (tertiary/aromatic N) is 1. The van der Waals surface area contributed by atoms with Crippen LogP contribution in [0.4, 0.5) is 5.13 Å². The smallest absolute Gasteiger partial charge is 0.251 e. The number of rotatable bonds is 3. The van der Waals surface area contributed by atoms with Crippen LogP contribution in [-0.2, 0) is 12.8 Å². The highest BCUT2D eigenvalue weighted by Gasteiger charge is 2.23. The molecule has 22 heavy (non-hydrogen) atoms. The highest BCUT2D eigenvalue weighted by molar-refractivity contribution is 7.15. The van der Waals surface area contributed by atoms with E-state index in [1.807, 2.05) is 0 Å². The molecule has 2 amide bonds. The quantitative estimate of drug-likeness (QED) is 0.787. The average Bonchev–Trinajstić information content (AvgIpc) is 2.86. The molecule has 0 fully saturated rings. The van der Waals surface area contributed by atoms with E-state index in [1.54, 1.807) is 24.3 Å². The Balaban J connectivity index is 1.66. The first-order chi connectivity index (χ1) is 10.5. The predicted octanol–water partition coefficient (Wildman–Crippen LogP) is 1.11. The van der Waals surface area contributed by atoms with E-state index in [2.05, 4.69) is 10.3 Å². The van der Waals surface area contributed by atoms with Gasteiger partial charge < -0.3 is 16.8 Å². The number of carbonyl (C=O) groups excluding carboxylic acids is 2. The van der Waals surface area contributed by atoms with Gasteiger partial charge in [0.2, 0.25) is 5.91 Å². The van der Waals surface area contributed by atoms with Crippen molar-refractivity contribution in [2.75, 3.05) is 5.73 Å². The molecule has 0 aliphatic heterocycles. The number of amides is 2. The molecule has 3 rings (SSSR count). The number of aromatic nitrogens is 1. The van der Waals surface area contributed by atoms with E-state index in [0.29, 0.717) is 16.3 Å². The number of nitrogens with two attached hydrogens (primary N) is 2. The lowest BCUT2D eigenvalue weighted by Gasteiger charge is -2.22. The molecule has 1 heterocycles. The fourth-order valence-electron chi connectivity index (χ4n) is 2.57. The average molecular weight is 316 g/mol. The summed E-state index contributed by atoms with van der Waals surface area (Å²) < 4.78 is 0. The Morgan fingerprint density at radius 2 is 1.91 bits per heavy atom. The molecule has 6 nitrogen and oxygen atoms in total. The Morgan fingerprint density at radius 1 is 1.23 bits per heavy atom. The standard InChI is InChI=1S/C15H16N4O2S/c16-13(20)8-1-3-9(4-2-8)14(21)18-10-5-6-11-12(7-10)22-15(17)19-11/h1-4,10H,5-7H2,(H2,16,20)(H2,17,19)(H,18,21)/t10-/m0/s1. The lowest BCUT2D eigenvalue weighted by atomic mass is 9.97. The van der Waals surface area contributed by atoms with Crippen molar-refractivity contribution in [2.45, 2.75) is 25.3 Å². The fourth-order valence-corrected chi connectivity index (χ4v) is 3.53. The van der Waals surface area contributed by atoms with Gasteiger partial charge in [0.1, 0.15) is 0 Å². The van der Waals surface area contributed by atoms with Gasteiger partial charge in [-0.3, -0.25) is 9.59 Å². The van der Waals surface area contributed by atoms with E-state index in [0.717, 1.165) is 29.8 Å². The molecule has 1 aliphatic rings. The highest BCUT2D eigenvalue weighted by Crippen LogP contribution is 2.28. The molecular weight excluding hydrogens is 300 g/mol. The second-order valence-corrected chi connectivity index (χ2v) is 6.39. The van der Waals surface area contributed by atoms with Crippen LogP contribution in [0, 0.1) is 0 Å². The van der Waals surface area contributed by atoms with Crippen molar-refractivity contribution in [1.82, 2.24) is 10.3 Å². The van der Waals surface area contributed by atoms with Crippen molar-refractivity contribution in [3.63, 3.8) is 0 Å². The van der Waals surface area contributed by atoms with Gasteiger partial charge in [0, 0.05) is 28.5 Å². The number of nitrogens with one attached hydrogen (secondary N) is 1. The topological polar surface area (TPSA) is 111 Å². The van der Waals surface area contributed by atoms with Crippen molar-refractivity contribution in [2.24, 2.45) is 5.73 Å². The summed E-state index contributed by atoms with van der Waals surface area (Å²) in [6, 6.07) is 6.40. The van der Waals surface area contributed by atoms with Crippen molar-refractivity contribution in [1.29, 1.82) is 0 Å². The number of thiazole rings is 1. The molecule has 0 unspecified atom stereocenters. The zero-order valence-corrected chi connectivity index (χ0v) is 12.7. The molecule has 0 saturated carbocycles. The van der Waals surface area contributed by atoms with Crippen LogP contribution in [-0.4, -0.2) is 22.8 Å². The lowest BCUT2D eigenvalue weighted by molar-refractivity contribution is 0.0931. The molecule has 1 aromatic heterocycles. The van der Waals surface area contributed by atoms with E-state index < -0.39 is 5.91 Å². The number of benzene rings is 1. The molecule has 114 valence electrons. The van der Waals surface area contributed by atoms with E-state index in [1.165, 1.54) is 11.3 Å². The third-order valence-electron chi connectivity index (χ3n) is 3.72. The summed E-state index contributed by atoms with van der Waals surface area (Å²) in [5, 5.41) is 3.60. The van der Waals surface area contributed by atoms with Gasteiger partial charge in [-0.05, 0) is 37.1 Å². The van der Waals surface area contributed by atoms with Crippen LogP contribution in [0.5, 0.6) is 0 Å². The second kappa shape index (κ2) is 5.76. The Morgan fingerprint density at radius 3 is 2.59 bits per heavy atom. The minimum absolute atomic E-state index is 0.0793. The molecule has 0 radical (unpaired) electrons. The van der Waals surface area contributed by atoms with Gasteiger partial charge in [0.15, 0.2) is 5.13 Å². The van der Waals surface area contributed by atoms with Crippen LogP contribution in [0.2, 0.25) is 0 Å². The summed E-state index contributed by atoms with van der Waals surface area (Å²) in [4.78, 5) is 28.7. The molecule has 7 heteroatoms. The van der Waals surface area contributed by atoms with Gasteiger partial charge in [-0.15, -0.1) is 11.3 Å². The van der Waals surface area contributed by atoms with Crippen LogP contribution in [0.25, 0.3) is 0 Å². The zero-order chi connectivity index (χ0) is 15.7. The van der Waals surface area contributed by atoms with E-state index in [9.17, 15) is 9.59 Å². The number of primary amides is 1. The summed E-state index contributed by atoms with van der Waals surface area (Å²) >= 11 is 1.49. The molecule has 1 atom stereocenters. The summed E-state index contributed by atoms with van der Waals surface area (Å²) in [7, 11) is 0. The maximum absolute atomic E-state index is 12.2. The van der Waals surface area contributed by atoms with Gasteiger partial charge in [0.05, 0.1) is 5.69 Å². The number of hydrogen-bond donors (Lipinski definition) is 3. The number of hydrogen-bond acceptors (Lipinski definition) is 5. The summed E-state index contributed by atoms with van der Waals surface area (Å²) in [6.07, 6.45) is 2.44. The first-order valence-electron chi connectivity index (χ1n) is 6.97. The molecule has 2 aromatic rings. The SMILES string of the molecule is NC(=O)c1ccc(C(=O)N[C@H]2CCc3nc(N)sc3C2)cc1. The van der Waals surface area contributed by atoms with Gasteiger partial charge in [-0.1, -0.05) is 0 Å². The molecular formula is C15H16N4O2S. The fraction of sp³-hybridized carbons (Fsp3) is 0.267. The maximum atomic E-state index is 12.2. The van der Waals surface area contributed by atoms with Crippen molar-refractivity contribution >= 4 is 28.3 Å². The van der Waals surface area contributed by atoms with Gasteiger partial charge in [0.25, 0.3) is 5.91 Å². The normalized spacial score (nSPS) is 16.8. The van der Waals surface area contributed by atoms with Gasteiger partial charge in [-0.2, -0.15) is 0 Å². The van der Waals surface area contributed by atoms with Crippen molar-refractivity contribution < 1.29 is 9.59 Å². The van der Waals surface area contributed by atoms with Crippen LogP contribution in [0.15, 0.2) is 24.3 Å². The van der Waals surface area contributed by atoms with Crippen molar-refractivity contribution in [3.05, 3.63) is 46.0 Å². The van der Waals surface area contributed by atoms with Gasteiger partial charge >= 0.3 is 0 Å². The largest absolute Gasteiger partial charge is 0.375 e. The molecule has 0 bridgehead atoms. The molecule has 1 aliphatic carbocycles. The van der Waals surface area contributed by atoms with E-state index in [-0.39, 0.29) is 11.9 Å². The minimum Gasteiger partial charge on any atom is -0.375 e. The number of anilines is 1. The molecule has 1 aromatic carbocycles. The Hall–Kier alpha value is -2.41. The van der Waals surface area contributed by atoms with Gasteiger partial charge in [-0.25, -0.2) is 4.98 Å². The van der Waals surface area contributed by atoms with Crippen molar-refractivity contribution in [3.8, 4) is 0 Å². The Bertz CT molecular complexity index is 724. The summed E-state index contributed by atoms with van der Waals surface area (Å²) in [5.74, 6) is -0.656. The first kappa shape index (κ1) is 14.5. The third-order valence-corrected chi connectivity index (χ3v) is 4.67. The Labute approximate surface area is 131 Å². The Kier molecular flexibility index (Phi) is 3.81. The maximum Gasteiger partial charge on any atom is 0.251 e. The number of carbonyl (C=O) groups is 2. The summed E-state index contributed by atoms with van der Waals surface area (Å²) in [6.45, 7) is 0. The number of nitrogen functional groups attached to an aromatic ring is 1. The van der Waals surface area contributed by atoms with E-state index in [4.69, 9.17) is 11.5 Å². The monoisotopic (exact) mass is 316 g/mol. The second-order valence-electron chi connectivity index (χ2n) is 5.28. The van der Waals surface area contributed by atoms with Crippen LogP contribution < -0.4 is 16.8 Å². The van der Waals surface area contributed by atoms with Crippen LogP contribution >= 0.6 is 11.3 Å². The first-order valence-corrected chi connectivity index (χ1v) is 7.79. The molecule has 0 saturated heterocycles. The summed E-state index contributed by atoms with van der Waals surface area (Å²) in [5.41, 5.74) is 12.9. The third kappa shape index (κ3) is 2.94. The van der Waals surface area contributed by atoms with Crippen LogP contribution in [0.1, 0.15) is 37.7 Å². The zero-order valence-electron chi connectivity index (χ0n) is 11.8. The lowest BCUT2D eigenvalue weighted by Crippen LogP contribution is -2.38. The minimum atomic E-state index is -0.505. The predicted molar refractivity (Wildman–Crippen MR) is 84.8 cm³/mol. The van der Waals surface area contributed by atoms with E-state index >= 15 is 0 Å². The molecule has 5 N–H and O–H groups in total. The highest BCUT2D eigenvalue weighted by atomic mass is 32.1.